The predicted molar refractivity (Wildman–Crippen MR) is 137 cm³/mol. The third-order valence-corrected chi connectivity index (χ3v) is 7.09. The highest BCUT2D eigenvalue weighted by atomic mass is 35.5. The lowest BCUT2D eigenvalue weighted by Gasteiger charge is -2.27. The number of halogens is 1. The molecule has 0 saturated carbocycles. The number of carbonyl (C=O) groups excluding carboxylic acids is 1. The van der Waals surface area contributed by atoms with Gasteiger partial charge in [-0.1, -0.05) is 47.7 Å². The number of ether oxygens (including phenoxy) is 2. The quantitative estimate of drug-likeness (QED) is 0.435. The van der Waals surface area contributed by atoms with Crippen LogP contribution in [-0.4, -0.2) is 62.3 Å². The van der Waals surface area contributed by atoms with Crippen molar-refractivity contribution in [1.82, 2.24) is 9.88 Å². The minimum absolute atomic E-state index is 0. The van der Waals surface area contributed by atoms with Gasteiger partial charge in [-0.25, -0.2) is 4.98 Å². The Morgan fingerprint density at radius 1 is 1.18 bits per heavy atom. The van der Waals surface area contributed by atoms with Gasteiger partial charge in [0.25, 0.3) is 0 Å². The number of hydrogen-bond acceptors (Lipinski definition) is 6. The number of hydrogen-bond donors (Lipinski definition) is 0. The lowest BCUT2D eigenvalue weighted by Crippen LogP contribution is -2.39. The van der Waals surface area contributed by atoms with Crippen LogP contribution in [0.4, 0.5) is 5.13 Å². The number of benzene rings is 2. The molecule has 4 rings (SSSR count). The third-order valence-electron chi connectivity index (χ3n) is 5.87. The van der Waals surface area contributed by atoms with Gasteiger partial charge in [-0.05, 0) is 37.0 Å². The van der Waals surface area contributed by atoms with E-state index in [9.17, 15) is 4.79 Å². The highest BCUT2D eigenvalue weighted by Crippen LogP contribution is 2.36. The van der Waals surface area contributed by atoms with Gasteiger partial charge < -0.3 is 9.47 Å². The first-order chi connectivity index (χ1) is 15.7. The molecule has 0 unspecified atom stereocenters. The Balaban J connectivity index is 0.00000306. The zero-order chi connectivity index (χ0) is 22.3. The van der Waals surface area contributed by atoms with Gasteiger partial charge in [-0.15, -0.1) is 12.4 Å². The van der Waals surface area contributed by atoms with Crippen molar-refractivity contribution in [3.05, 3.63) is 53.6 Å². The molecule has 1 aromatic heterocycles. The van der Waals surface area contributed by atoms with Gasteiger partial charge >= 0.3 is 0 Å². The Bertz CT molecular complexity index is 1040. The number of nitrogens with zero attached hydrogens (tertiary/aromatic N) is 3. The monoisotopic (exact) mass is 489 g/mol. The summed E-state index contributed by atoms with van der Waals surface area (Å²) < 4.78 is 12.1. The van der Waals surface area contributed by atoms with Gasteiger partial charge in [-0.3, -0.25) is 14.6 Å². The van der Waals surface area contributed by atoms with Crippen LogP contribution >= 0.6 is 23.7 Å². The number of anilines is 1. The van der Waals surface area contributed by atoms with Crippen molar-refractivity contribution in [1.29, 1.82) is 0 Å². The number of thiazole rings is 1. The summed E-state index contributed by atoms with van der Waals surface area (Å²) in [5.41, 5.74) is 3.16. The van der Waals surface area contributed by atoms with Gasteiger partial charge in [-0.2, -0.15) is 0 Å². The highest BCUT2D eigenvalue weighted by Gasteiger charge is 2.22. The van der Waals surface area contributed by atoms with E-state index in [2.05, 4.69) is 24.0 Å². The van der Waals surface area contributed by atoms with Crippen LogP contribution in [0, 0.1) is 6.92 Å². The Hall–Kier alpha value is -2.19. The molecule has 0 aliphatic carbocycles. The fourth-order valence-corrected chi connectivity index (χ4v) is 5.11. The normalized spacial score (nSPS) is 14.1. The van der Waals surface area contributed by atoms with Gasteiger partial charge in [0.2, 0.25) is 5.91 Å². The summed E-state index contributed by atoms with van der Waals surface area (Å²) in [7, 11) is 1.66. The van der Waals surface area contributed by atoms with E-state index in [0.717, 1.165) is 72.4 Å². The van der Waals surface area contributed by atoms with E-state index in [1.807, 2.05) is 35.2 Å². The first kappa shape index (κ1) is 25.4. The zero-order valence-corrected chi connectivity index (χ0v) is 20.9. The molecule has 0 atom stereocenters. The Kier molecular flexibility index (Phi) is 9.50. The molecular weight excluding hydrogens is 458 g/mol. The summed E-state index contributed by atoms with van der Waals surface area (Å²) in [5.74, 6) is 0.865. The number of aryl methyl sites for hydroxylation is 2. The highest BCUT2D eigenvalue weighted by molar-refractivity contribution is 7.22. The smallest absolute Gasteiger partial charge is 0.229 e. The fourth-order valence-electron chi connectivity index (χ4n) is 4.01. The number of rotatable bonds is 9. The van der Waals surface area contributed by atoms with E-state index in [4.69, 9.17) is 14.5 Å². The lowest BCUT2D eigenvalue weighted by molar-refractivity contribution is -0.118. The molecule has 1 aliphatic rings. The van der Waals surface area contributed by atoms with Crippen LogP contribution < -0.4 is 9.64 Å². The van der Waals surface area contributed by atoms with Crippen LogP contribution in [0.15, 0.2) is 42.5 Å². The molecule has 2 aromatic carbocycles. The van der Waals surface area contributed by atoms with Gasteiger partial charge in [0.15, 0.2) is 5.13 Å². The molecule has 1 amide bonds. The molecule has 1 fully saturated rings. The maximum absolute atomic E-state index is 13.3. The van der Waals surface area contributed by atoms with Crippen LogP contribution in [-0.2, 0) is 16.0 Å². The van der Waals surface area contributed by atoms with Gasteiger partial charge in [0, 0.05) is 32.6 Å². The molecule has 6 nitrogen and oxygen atoms in total. The van der Waals surface area contributed by atoms with E-state index < -0.39 is 0 Å². The van der Waals surface area contributed by atoms with E-state index in [-0.39, 0.29) is 18.3 Å². The predicted octanol–water partition coefficient (Wildman–Crippen LogP) is 4.72. The van der Waals surface area contributed by atoms with E-state index in [1.54, 1.807) is 18.4 Å². The maximum atomic E-state index is 13.3. The topological polar surface area (TPSA) is 54.9 Å². The number of methoxy groups -OCH3 is 1. The third kappa shape index (κ3) is 6.44. The first-order valence-electron chi connectivity index (χ1n) is 11.2. The van der Waals surface area contributed by atoms with E-state index >= 15 is 0 Å². The van der Waals surface area contributed by atoms with Crippen molar-refractivity contribution in [2.45, 2.75) is 26.2 Å². The Morgan fingerprint density at radius 2 is 1.94 bits per heavy atom. The van der Waals surface area contributed by atoms with Crippen molar-refractivity contribution in [2.24, 2.45) is 0 Å². The summed E-state index contributed by atoms with van der Waals surface area (Å²) in [5, 5.41) is 0.757. The van der Waals surface area contributed by atoms with Crippen molar-refractivity contribution in [3.63, 3.8) is 0 Å². The van der Waals surface area contributed by atoms with Crippen molar-refractivity contribution in [2.75, 3.05) is 51.4 Å². The average molecular weight is 490 g/mol. The van der Waals surface area contributed by atoms with Crippen LogP contribution in [0.5, 0.6) is 5.75 Å². The fraction of sp³-hybridized carbons (Fsp3) is 0.440. The SMILES string of the molecule is COc1ccc(C)c2sc(N(CCCN3CCOCC3)C(=O)CCc3ccccc3)nc12.Cl. The number of aromatic nitrogens is 1. The summed E-state index contributed by atoms with van der Waals surface area (Å²) in [6, 6.07) is 14.2. The second-order valence-corrected chi connectivity index (χ2v) is 9.07. The van der Waals surface area contributed by atoms with Crippen LogP contribution in [0.25, 0.3) is 10.2 Å². The molecular formula is C25H32ClN3O3S. The number of amides is 1. The molecule has 33 heavy (non-hydrogen) atoms. The second kappa shape index (κ2) is 12.3. The first-order valence-corrected chi connectivity index (χ1v) is 12.1. The average Bonchev–Trinajstić information content (AvgIpc) is 3.28. The lowest BCUT2D eigenvalue weighted by atomic mass is 10.1. The second-order valence-electron chi connectivity index (χ2n) is 8.10. The van der Waals surface area contributed by atoms with Crippen molar-refractivity contribution in [3.8, 4) is 5.75 Å². The standard InChI is InChI=1S/C25H31N3O3S.ClH/c1-19-9-11-21(30-2)23-24(19)32-25(26-23)28(14-6-13-27-15-17-31-18-16-27)22(29)12-10-20-7-4-3-5-8-20;/h3-5,7-9,11H,6,10,12-18H2,1-2H3;1H. The van der Waals surface area contributed by atoms with Crippen molar-refractivity contribution >= 4 is 45.0 Å². The molecule has 2 heterocycles. The molecule has 8 heteroatoms. The Morgan fingerprint density at radius 3 is 2.67 bits per heavy atom. The zero-order valence-electron chi connectivity index (χ0n) is 19.3. The molecule has 0 spiro atoms. The minimum atomic E-state index is 0. The summed E-state index contributed by atoms with van der Waals surface area (Å²) in [6.45, 7) is 7.18. The van der Waals surface area contributed by atoms with Crippen LogP contribution in [0.2, 0.25) is 0 Å². The number of morpholine rings is 1. The van der Waals surface area contributed by atoms with E-state index in [1.165, 1.54) is 5.56 Å². The minimum Gasteiger partial charge on any atom is -0.494 e. The van der Waals surface area contributed by atoms with Crippen molar-refractivity contribution < 1.29 is 14.3 Å². The molecule has 1 saturated heterocycles. The number of fused-ring (bicyclic) bond motifs is 1. The summed E-state index contributed by atoms with van der Waals surface area (Å²) in [4.78, 5) is 22.5. The molecule has 178 valence electrons. The Labute approximate surface area is 205 Å². The molecule has 0 bridgehead atoms. The summed E-state index contributed by atoms with van der Waals surface area (Å²) in [6.07, 6.45) is 2.10. The molecule has 0 radical (unpaired) electrons. The van der Waals surface area contributed by atoms with Gasteiger partial charge in [0.1, 0.15) is 11.3 Å². The van der Waals surface area contributed by atoms with Crippen LogP contribution in [0.1, 0.15) is 24.0 Å². The number of carbonyl (C=O) groups is 1. The maximum Gasteiger partial charge on any atom is 0.229 e. The van der Waals surface area contributed by atoms with Crippen LogP contribution in [0.3, 0.4) is 0 Å². The molecule has 3 aromatic rings. The molecule has 1 aliphatic heterocycles. The van der Waals surface area contributed by atoms with Gasteiger partial charge in [0.05, 0.1) is 25.0 Å². The summed E-state index contributed by atoms with van der Waals surface area (Å²) >= 11 is 1.58. The molecule has 0 N–H and O–H groups in total. The van der Waals surface area contributed by atoms with E-state index in [0.29, 0.717) is 13.0 Å². The largest absolute Gasteiger partial charge is 0.494 e.